The fourth-order valence-electron chi connectivity index (χ4n) is 1.96. The van der Waals surface area contributed by atoms with Crippen LogP contribution in [0.25, 0.3) is 20.7 Å². The highest BCUT2D eigenvalue weighted by Crippen LogP contribution is 2.34. The second kappa shape index (κ2) is 6.76. The number of thiophene rings is 2. The highest BCUT2D eigenvalue weighted by atomic mass is 35.5. The fourth-order valence-corrected chi connectivity index (χ4v) is 4.89. The van der Waals surface area contributed by atoms with Crippen molar-refractivity contribution in [1.82, 2.24) is 9.55 Å². The molecule has 0 spiro atoms. The predicted molar refractivity (Wildman–Crippen MR) is 98.7 cm³/mol. The summed E-state index contributed by atoms with van der Waals surface area (Å²) < 4.78 is 1.56. The number of aromatic nitrogens is 2. The molecule has 0 aliphatic heterocycles. The minimum absolute atomic E-state index is 0.0388. The van der Waals surface area contributed by atoms with E-state index in [-0.39, 0.29) is 5.56 Å². The van der Waals surface area contributed by atoms with E-state index >= 15 is 0 Å². The lowest BCUT2D eigenvalue weighted by molar-refractivity contribution is 0.729. The van der Waals surface area contributed by atoms with E-state index in [1.807, 2.05) is 22.9 Å². The summed E-state index contributed by atoms with van der Waals surface area (Å²) in [4.78, 5) is 19.1. The fraction of sp³-hybridized carbons (Fsp3) is 0.143. The Morgan fingerprint density at radius 3 is 3.00 bits per heavy atom. The molecule has 3 aromatic heterocycles. The van der Waals surface area contributed by atoms with Crippen LogP contribution >= 0.6 is 57.6 Å². The molecule has 0 atom stereocenters. The molecule has 0 aliphatic carbocycles. The zero-order chi connectivity index (χ0) is 15.7. The molecule has 3 aromatic rings. The van der Waals surface area contributed by atoms with Crippen molar-refractivity contribution >= 4 is 67.9 Å². The summed E-state index contributed by atoms with van der Waals surface area (Å²) in [5.74, 6) is 0.486. The van der Waals surface area contributed by atoms with Crippen LogP contribution in [0.4, 0.5) is 0 Å². The molecule has 0 saturated carbocycles. The first-order valence-electron chi connectivity index (χ1n) is 6.21. The summed E-state index contributed by atoms with van der Waals surface area (Å²) in [7, 11) is 1.73. The molecule has 22 heavy (non-hydrogen) atoms. The molecule has 3 rings (SSSR count). The Bertz CT molecular complexity index is 897. The summed E-state index contributed by atoms with van der Waals surface area (Å²) >= 11 is 15.9. The lowest BCUT2D eigenvalue weighted by Crippen LogP contribution is -2.19. The van der Waals surface area contributed by atoms with E-state index in [1.54, 1.807) is 23.0 Å². The molecule has 0 N–H and O–H groups in total. The number of halogens is 2. The van der Waals surface area contributed by atoms with Gasteiger partial charge in [-0.05, 0) is 11.4 Å². The Labute approximate surface area is 149 Å². The third-order valence-corrected chi connectivity index (χ3v) is 6.65. The zero-order valence-electron chi connectivity index (χ0n) is 11.4. The molecule has 3 nitrogen and oxygen atoms in total. The summed E-state index contributed by atoms with van der Waals surface area (Å²) in [5, 5.41) is 5.82. The van der Waals surface area contributed by atoms with Crippen molar-refractivity contribution < 1.29 is 0 Å². The predicted octanol–water partition coefficient (Wildman–Crippen LogP) is 5.13. The Kier molecular flexibility index (Phi) is 4.94. The molecule has 0 amide bonds. The van der Waals surface area contributed by atoms with Crippen molar-refractivity contribution in [3.8, 4) is 10.4 Å². The van der Waals surface area contributed by atoms with E-state index in [1.165, 1.54) is 28.6 Å². The monoisotopic (exact) mass is 388 g/mol. The van der Waals surface area contributed by atoms with Crippen molar-refractivity contribution in [3.05, 3.63) is 43.8 Å². The van der Waals surface area contributed by atoms with E-state index in [9.17, 15) is 4.79 Å². The Balaban J connectivity index is 2.09. The van der Waals surface area contributed by atoms with Crippen LogP contribution in [0, 0.1) is 0 Å². The van der Waals surface area contributed by atoms with Gasteiger partial charge in [0.25, 0.3) is 5.56 Å². The highest BCUT2D eigenvalue weighted by molar-refractivity contribution is 7.99. The van der Waals surface area contributed by atoms with Crippen LogP contribution in [0.3, 0.4) is 0 Å². The number of thioether (sulfide) groups is 1. The third kappa shape index (κ3) is 2.98. The maximum absolute atomic E-state index is 12.7. The lowest BCUT2D eigenvalue weighted by Gasteiger charge is -2.07. The van der Waals surface area contributed by atoms with Gasteiger partial charge in [0.1, 0.15) is 4.83 Å². The number of hydrogen-bond acceptors (Lipinski definition) is 5. The third-order valence-electron chi connectivity index (χ3n) is 3.02. The van der Waals surface area contributed by atoms with Gasteiger partial charge in [0.15, 0.2) is 5.16 Å². The summed E-state index contributed by atoms with van der Waals surface area (Å²) in [6.07, 6.45) is 0. The smallest absolute Gasteiger partial charge is 0.263 e. The van der Waals surface area contributed by atoms with Crippen molar-refractivity contribution in [2.45, 2.75) is 5.16 Å². The van der Waals surface area contributed by atoms with Crippen LogP contribution < -0.4 is 5.56 Å². The first-order valence-corrected chi connectivity index (χ1v) is 9.77. The number of nitrogens with zero attached hydrogens (tertiary/aromatic N) is 2. The SMILES string of the molecule is Cn1c(SCC(Cl)=CCl)nc2scc(-c3cccs3)c2c1=O. The molecule has 0 bridgehead atoms. The average Bonchev–Trinajstić information content (AvgIpc) is 3.17. The minimum atomic E-state index is -0.0388. The molecular weight excluding hydrogens is 379 g/mol. The molecule has 114 valence electrons. The maximum Gasteiger partial charge on any atom is 0.263 e. The van der Waals surface area contributed by atoms with Gasteiger partial charge in [-0.3, -0.25) is 9.36 Å². The van der Waals surface area contributed by atoms with Crippen LogP contribution in [-0.4, -0.2) is 15.3 Å². The van der Waals surface area contributed by atoms with Crippen molar-refractivity contribution in [2.75, 3.05) is 5.75 Å². The maximum atomic E-state index is 12.7. The molecule has 0 fully saturated rings. The Morgan fingerprint density at radius 1 is 1.50 bits per heavy atom. The van der Waals surface area contributed by atoms with Gasteiger partial charge in [0.2, 0.25) is 0 Å². The van der Waals surface area contributed by atoms with Crippen LogP contribution in [0.15, 0.2) is 43.4 Å². The van der Waals surface area contributed by atoms with Gasteiger partial charge < -0.3 is 0 Å². The first-order chi connectivity index (χ1) is 10.6. The summed E-state index contributed by atoms with van der Waals surface area (Å²) in [6, 6.07) is 3.99. The topological polar surface area (TPSA) is 34.9 Å². The molecule has 0 aromatic carbocycles. The van der Waals surface area contributed by atoms with E-state index < -0.39 is 0 Å². The van der Waals surface area contributed by atoms with Gasteiger partial charge in [-0.25, -0.2) is 4.98 Å². The van der Waals surface area contributed by atoms with E-state index in [4.69, 9.17) is 23.2 Å². The van der Waals surface area contributed by atoms with Gasteiger partial charge >= 0.3 is 0 Å². The van der Waals surface area contributed by atoms with Gasteiger partial charge in [0, 0.05) is 39.2 Å². The molecule has 0 saturated heterocycles. The van der Waals surface area contributed by atoms with Gasteiger partial charge in [0.05, 0.1) is 5.39 Å². The minimum Gasteiger partial charge on any atom is -0.290 e. The molecule has 3 heterocycles. The van der Waals surface area contributed by atoms with E-state index in [0.29, 0.717) is 21.3 Å². The quantitative estimate of drug-likeness (QED) is 0.458. The Hall–Kier alpha value is -0.790. The van der Waals surface area contributed by atoms with Gasteiger partial charge in [-0.15, -0.1) is 22.7 Å². The van der Waals surface area contributed by atoms with Crippen molar-refractivity contribution in [2.24, 2.45) is 7.05 Å². The van der Waals surface area contributed by atoms with Crippen molar-refractivity contribution in [1.29, 1.82) is 0 Å². The molecular formula is C14H10Cl2N2OS3. The largest absolute Gasteiger partial charge is 0.290 e. The second-order valence-corrected chi connectivity index (χ2v) is 7.86. The average molecular weight is 389 g/mol. The molecule has 0 aliphatic rings. The first kappa shape index (κ1) is 16.1. The number of fused-ring (bicyclic) bond motifs is 1. The Morgan fingerprint density at radius 2 is 2.32 bits per heavy atom. The summed E-state index contributed by atoms with van der Waals surface area (Å²) in [5.41, 5.74) is 2.24. The molecule has 0 unspecified atom stereocenters. The number of hydrogen-bond donors (Lipinski definition) is 0. The summed E-state index contributed by atoms with van der Waals surface area (Å²) in [6.45, 7) is 0. The van der Waals surface area contributed by atoms with Crippen LogP contribution in [-0.2, 0) is 7.05 Å². The zero-order valence-corrected chi connectivity index (χ0v) is 15.3. The van der Waals surface area contributed by atoms with E-state index in [2.05, 4.69) is 4.98 Å². The molecule has 0 radical (unpaired) electrons. The standard InChI is InChI=1S/C14H10Cl2N2OS3/c1-18-13(19)11-9(10-3-2-4-20-10)7-21-12(11)17-14(18)22-6-8(16)5-15/h2-5,7H,6H2,1H3. The van der Waals surface area contributed by atoms with Crippen LogP contribution in [0.2, 0.25) is 0 Å². The van der Waals surface area contributed by atoms with Gasteiger partial charge in [-0.2, -0.15) is 0 Å². The number of rotatable bonds is 4. The second-order valence-electron chi connectivity index (χ2n) is 4.41. The van der Waals surface area contributed by atoms with Crippen molar-refractivity contribution in [3.63, 3.8) is 0 Å². The normalized spacial score (nSPS) is 12.2. The van der Waals surface area contributed by atoms with Crippen LogP contribution in [0.5, 0.6) is 0 Å². The molecule has 8 heteroatoms. The van der Waals surface area contributed by atoms with Crippen LogP contribution in [0.1, 0.15) is 0 Å². The highest BCUT2D eigenvalue weighted by Gasteiger charge is 2.16. The van der Waals surface area contributed by atoms with Gasteiger partial charge in [-0.1, -0.05) is 41.0 Å². The van der Waals surface area contributed by atoms with E-state index in [0.717, 1.165) is 15.3 Å². The lowest BCUT2D eigenvalue weighted by atomic mass is 10.2.